The molecule has 4 rings (SSSR count). The summed E-state index contributed by atoms with van der Waals surface area (Å²) in [7, 11) is -1.83. The number of nitriles is 1. The first-order valence-electron chi connectivity index (χ1n) is 15.5. The van der Waals surface area contributed by atoms with Crippen molar-refractivity contribution < 1.29 is 33.9 Å². The second kappa shape index (κ2) is 14.8. The number of benzene rings is 1. The lowest BCUT2D eigenvalue weighted by molar-refractivity contribution is -0.137. The highest BCUT2D eigenvalue weighted by atomic mass is 16.5. The minimum Gasteiger partial charge on any atom is -0.464 e. The van der Waals surface area contributed by atoms with Crippen LogP contribution in [0.15, 0.2) is 34.9 Å². The standard InChI is InChI=1S/C31H46BN5O7/c1-21(17-31(3,4)36-14-12-35(13-15-36)22(2)38)26(18-33)29(39)37-11-7-8-24(37)20-44-30(40)34-28(32(41)42)16-23-19-43-27-10-6-5-9-25(23)27/h5-6,9-10,19,21-22,24,26,28,38,41-42H,7-8,11-17,20H2,1-4H3,(H,34,40)/t21?,22?,24-,26?,28+/m1/s1. The van der Waals surface area contributed by atoms with E-state index >= 15 is 0 Å². The number of amides is 2. The second-order valence-electron chi connectivity index (χ2n) is 12.8. The van der Waals surface area contributed by atoms with Crippen LogP contribution in [0.4, 0.5) is 4.79 Å². The van der Waals surface area contributed by atoms with E-state index in [0.29, 0.717) is 30.5 Å². The van der Waals surface area contributed by atoms with Crippen molar-refractivity contribution in [2.24, 2.45) is 11.8 Å². The van der Waals surface area contributed by atoms with Gasteiger partial charge in [-0.3, -0.25) is 14.6 Å². The van der Waals surface area contributed by atoms with Gasteiger partial charge in [0.15, 0.2) is 0 Å². The number of para-hydroxylation sites is 1. The molecular weight excluding hydrogens is 565 g/mol. The quantitative estimate of drug-likeness (QED) is 0.261. The highest BCUT2D eigenvalue weighted by Gasteiger charge is 2.40. The molecule has 0 aliphatic carbocycles. The summed E-state index contributed by atoms with van der Waals surface area (Å²) in [6.07, 6.45) is 2.37. The van der Waals surface area contributed by atoms with Gasteiger partial charge in [0, 0.05) is 43.6 Å². The highest BCUT2D eigenvalue weighted by molar-refractivity contribution is 6.43. The van der Waals surface area contributed by atoms with Gasteiger partial charge in [0.25, 0.3) is 0 Å². The number of furan rings is 1. The van der Waals surface area contributed by atoms with Crippen LogP contribution in [0.1, 0.15) is 52.5 Å². The molecule has 12 nitrogen and oxygen atoms in total. The molecule has 3 heterocycles. The van der Waals surface area contributed by atoms with E-state index in [4.69, 9.17) is 9.15 Å². The number of hydrogen-bond acceptors (Lipinski definition) is 10. The number of likely N-dealkylation sites (tertiary alicyclic amines) is 1. The zero-order chi connectivity index (χ0) is 32.0. The van der Waals surface area contributed by atoms with Crippen molar-refractivity contribution in [1.82, 2.24) is 20.0 Å². The fourth-order valence-electron chi connectivity index (χ4n) is 6.66. The van der Waals surface area contributed by atoms with Crippen LogP contribution in [-0.2, 0) is 16.0 Å². The zero-order valence-electron chi connectivity index (χ0n) is 26.2. The SMILES string of the molecule is CC(CC(C)(C)N1CCN(C(C)O)CC1)C(C#N)C(=O)N1CCC[C@@H]1COC(=O)N[C@@H](Cc1coc2ccccc12)B(O)O. The average Bonchev–Trinajstić information content (AvgIpc) is 3.63. The average molecular weight is 612 g/mol. The molecule has 1 aromatic carbocycles. The molecular formula is C31H46BN5O7. The monoisotopic (exact) mass is 611 g/mol. The second-order valence-corrected chi connectivity index (χ2v) is 12.8. The Balaban J connectivity index is 1.30. The van der Waals surface area contributed by atoms with Gasteiger partial charge in [0.2, 0.25) is 5.91 Å². The number of hydrogen-bond donors (Lipinski definition) is 4. The number of nitrogens with zero attached hydrogens (tertiary/aromatic N) is 4. The Morgan fingerprint density at radius 2 is 1.89 bits per heavy atom. The molecule has 1 aromatic heterocycles. The lowest BCUT2D eigenvalue weighted by Crippen LogP contribution is -2.57. The van der Waals surface area contributed by atoms with Gasteiger partial charge in [-0.15, -0.1) is 0 Å². The third-order valence-electron chi connectivity index (χ3n) is 9.23. The molecule has 2 saturated heterocycles. The van der Waals surface area contributed by atoms with Gasteiger partial charge in [-0.1, -0.05) is 25.1 Å². The molecule has 240 valence electrons. The van der Waals surface area contributed by atoms with Crippen molar-refractivity contribution in [1.29, 1.82) is 5.26 Å². The lowest BCUT2D eigenvalue weighted by atomic mass is 9.76. The van der Waals surface area contributed by atoms with Gasteiger partial charge >= 0.3 is 13.2 Å². The summed E-state index contributed by atoms with van der Waals surface area (Å²) in [5.74, 6) is -2.32. The third kappa shape index (κ3) is 8.11. The Bertz CT molecular complexity index is 1300. The number of alkyl carbamates (subject to hydrolysis) is 1. The molecule has 0 radical (unpaired) electrons. The molecule has 0 saturated carbocycles. The van der Waals surface area contributed by atoms with E-state index in [0.717, 1.165) is 38.0 Å². The molecule has 2 aliphatic heterocycles. The van der Waals surface area contributed by atoms with Gasteiger partial charge in [-0.05, 0) is 64.0 Å². The van der Waals surface area contributed by atoms with Crippen LogP contribution >= 0.6 is 0 Å². The number of carbonyl (C=O) groups excluding carboxylic acids is 2. The van der Waals surface area contributed by atoms with E-state index in [9.17, 15) is 30.0 Å². The van der Waals surface area contributed by atoms with Crippen LogP contribution in [0.2, 0.25) is 0 Å². The molecule has 2 aromatic rings. The molecule has 0 spiro atoms. The first-order valence-corrected chi connectivity index (χ1v) is 15.5. The van der Waals surface area contributed by atoms with Gasteiger partial charge in [0.05, 0.1) is 24.3 Å². The van der Waals surface area contributed by atoms with E-state index in [-0.39, 0.29) is 36.4 Å². The third-order valence-corrected chi connectivity index (χ3v) is 9.23. The fraction of sp³-hybridized carbons (Fsp3) is 0.645. The Hall–Kier alpha value is -3.15. The number of nitrogens with one attached hydrogen (secondary N) is 1. The zero-order valence-corrected chi connectivity index (χ0v) is 26.2. The summed E-state index contributed by atoms with van der Waals surface area (Å²) in [6.45, 7) is 11.5. The number of piperazine rings is 1. The Morgan fingerprint density at radius 1 is 1.18 bits per heavy atom. The maximum absolute atomic E-state index is 13.6. The molecule has 44 heavy (non-hydrogen) atoms. The van der Waals surface area contributed by atoms with E-state index in [2.05, 4.69) is 30.1 Å². The highest BCUT2D eigenvalue weighted by Crippen LogP contribution is 2.31. The topological polar surface area (TPSA) is 163 Å². The van der Waals surface area contributed by atoms with Gasteiger partial charge in [-0.25, -0.2) is 4.79 Å². The van der Waals surface area contributed by atoms with Gasteiger partial charge in [0.1, 0.15) is 24.3 Å². The van der Waals surface area contributed by atoms with E-state index in [1.807, 2.05) is 30.0 Å². The van der Waals surface area contributed by atoms with Crippen LogP contribution in [0, 0.1) is 23.2 Å². The summed E-state index contributed by atoms with van der Waals surface area (Å²) in [4.78, 5) is 32.4. The molecule has 4 N–H and O–H groups in total. The number of aliphatic hydroxyl groups is 1. The predicted molar refractivity (Wildman–Crippen MR) is 165 cm³/mol. The lowest BCUT2D eigenvalue weighted by Gasteiger charge is -2.46. The van der Waals surface area contributed by atoms with Crippen molar-refractivity contribution in [3.8, 4) is 6.07 Å². The van der Waals surface area contributed by atoms with Crippen molar-refractivity contribution in [3.05, 3.63) is 36.1 Å². The number of ether oxygens (including phenoxy) is 1. The first kappa shape index (κ1) is 33.7. The minimum atomic E-state index is -1.83. The van der Waals surface area contributed by atoms with Crippen LogP contribution < -0.4 is 5.32 Å². The smallest absolute Gasteiger partial charge is 0.464 e. The van der Waals surface area contributed by atoms with Crippen molar-refractivity contribution >= 4 is 30.1 Å². The Labute approximate surface area is 259 Å². The largest absolute Gasteiger partial charge is 0.475 e. The van der Waals surface area contributed by atoms with Crippen molar-refractivity contribution in [2.45, 2.75) is 77.1 Å². The van der Waals surface area contributed by atoms with E-state index < -0.39 is 31.3 Å². The van der Waals surface area contributed by atoms with Crippen molar-refractivity contribution in [2.75, 3.05) is 39.3 Å². The Kier molecular flexibility index (Phi) is 11.3. The predicted octanol–water partition coefficient (Wildman–Crippen LogP) is 1.97. The molecule has 2 amide bonds. The van der Waals surface area contributed by atoms with E-state index in [1.54, 1.807) is 17.9 Å². The Morgan fingerprint density at radius 3 is 2.55 bits per heavy atom. The first-order chi connectivity index (χ1) is 20.9. The minimum absolute atomic E-state index is 0.0635. The van der Waals surface area contributed by atoms with Crippen LogP contribution in [0.3, 0.4) is 0 Å². The molecule has 5 atom stereocenters. The van der Waals surface area contributed by atoms with Crippen LogP contribution in [0.25, 0.3) is 11.0 Å². The maximum Gasteiger partial charge on any atom is 0.475 e. The molecule has 3 unspecified atom stereocenters. The number of carbonyl (C=O) groups is 2. The summed E-state index contributed by atoms with van der Waals surface area (Å²) >= 11 is 0. The number of rotatable bonds is 12. The van der Waals surface area contributed by atoms with Gasteiger partial charge in [-0.2, -0.15) is 5.26 Å². The molecule has 13 heteroatoms. The molecule has 2 fully saturated rings. The van der Waals surface area contributed by atoms with Crippen molar-refractivity contribution in [3.63, 3.8) is 0 Å². The number of aliphatic hydroxyl groups excluding tert-OH is 1. The normalized spacial score (nSPS) is 21.0. The summed E-state index contributed by atoms with van der Waals surface area (Å²) < 4.78 is 11.0. The molecule has 2 aliphatic rings. The number of fused-ring (bicyclic) bond motifs is 1. The fourth-order valence-corrected chi connectivity index (χ4v) is 6.66. The van der Waals surface area contributed by atoms with Crippen LogP contribution in [0.5, 0.6) is 0 Å². The summed E-state index contributed by atoms with van der Waals surface area (Å²) in [5.41, 5.74) is 1.14. The van der Waals surface area contributed by atoms with Gasteiger partial charge < -0.3 is 34.5 Å². The summed E-state index contributed by atoms with van der Waals surface area (Å²) in [6, 6.07) is 9.23. The maximum atomic E-state index is 13.6. The summed E-state index contributed by atoms with van der Waals surface area (Å²) in [5, 5.41) is 43.1. The molecule has 0 bridgehead atoms. The van der Waals surface area contributed by atoms with E-state index in [1.165, 1.54) is 6.26 Å². The van der Waals surface area contributed by atoms with Crippen LogP contribution in [-0.4, -0.2) is 112 Å².